The molecule has 4 N–H and O–H groups in total. The van der Waals surface area contributed by atoms with E-state index in [2.05, 4.69) is 6.92 Å². The maximum Gasteiger partial charge on any atom is 0.300 e. The Labute approximate surface area is 95.5 Å². The Kier molecular flexibility index (Phi) is 20.7. The van der Waals surface area contributed by atoms with Gasteiger partial charge in [0.05, 0.1) is 0 Å². The zero-order chi connectivity index (χ0) is 13.6. The van der Waals surface area contributed by atoms with Crippen molar-refractivity contribution < 1.29 is 30.0 Å². The second-order valence-corrected chi connectivity index (χ2v) is 3.01. The van der Waals surface area contributed by atoms with Crippen molar-refractivity contribution in [2.24, 2.45) is 0 Å². The van der Waals surface area contributed by atoms with E-state index < -0.39 is 18.2 Å². The third-order valence-corrected chi connectivity index (χ3v) is 1.07. The lowest BCUT2D eigenvalue weighted by atomic mass is 10.2. The Morgan fingerprint density at radius 1 is 1.00 bits per heavy atom. The van der Waals surface area contributed by atoms with Gasteiger partial charge < -0.3 is 20.4 Å². The Hall–Kier alpha value is -1.14. The highest BCUT2D eigenvalue weighted by Gasteiger charge is 1.93. The molecular weight excluding hydrogens is 216 g/mol. The minimum absolute atomic E-state index is 0.522. The third-order valence-electron chi connectivity index (χ3n) is 1.07. The van der Waals surface area contributed by atoms with Gasteiger partial charge in [-0.1, -0.05) is 19.8 Å². The van der Waals surface area contributed by atoms with Gasteiger partial charge >= 0.3 is 0 Å². The lowest BCUT2D eigenvalue weighted by Crippen LogP contribution is -2.02. The van der Waals surface area contributed by atoms with E-state index in [1.54, 1.807) is 0 Å². The van der Waals surface area contributed by atoms with Crippen LogP contribution in [0.2, 0.25) is 0 Å². The average Bonchev–Trinajstić information content (AvgIpc) is 2.01. The Bertz CT molecular complexity index is 147. The van der Waals surface area contributed by atoms with Crippen molar-refractivity contribution in [3.63, 3.8) is 0 Å². The predicted octanol–water partition coefficient (Wildman–Crippen LogP) is 1.06. The number of hydrogen-bond acceptors (Lipinski definition) is 4. The summed E-state index contributed by atoms with van der Waals surface area (Å²) >= 11 is 0. The third kappa shape index (κ3) is 121. The molecule has 0 saturated carbocycles. The highest BCUT2D eigenvalue weighted by molar-refractivity contribution is 5.63. The first kappa shape index (κ1) is 20.3. The molecule has 0 heterocycles. The van der Waals surface area contributed by atoms with Crippen LogP contribution in [0.15, 0.2) is 0 Å². The second kappa shape index (κ2) is 16.3. The van der Waals surface area contributed by atoms with Crippen LogP contribution in [-0.2, 0) is 9.59 Å². The largest absolute Gasteiger partial charge is 0.481 e. The Morgan fingerprint density at radius 2 is 1.31 bits per heavy atom. The molecule has 0 aliphatic heterocycles. The van der Waals surface area contributed by atoms with Gasteiger partial charge in [-0.2, -0.15) is 0 Å². The number of hydrogen-bond donors (Lipinski definition) is 4. The van der Waals surface area contributed by atoms with Gasteiger partial charge in [0.25, 0.3) is 11.9 Å². The summed E-state index contributed by atoms with van der Waals surface area (Å²) in [6.45, 7) is 4.25. The van der Waals surface area contributed by atoms with Crippen molar-refractivity contribution in [3.8, 4) is 0 Å². The van der Waals surface area contributed by atoms with E-state index in [0.717, 1.165) is 33.1 Å². The molecule has 0 spiro atoms. The predicted molar refractivity (Wildman–Crippen MR) is 59.0 cm³/mol. The second-order valence-electron chi connectivity index (χ2n) is 3.01. The van der Waals surface area contributed by atoms with Crippen LogP contribution >= 0.6 is 0 Å². The fourth-order valence-corrected chi connectivity index (χ4v) is 0.577. The van der Waals surface area contributed by atoms with Gasteiger partial charge in [-0.05, 0) is 12.8 Å². The summed E-state index contributed by atoms with van der Waals surface area (Å²) in [4.78, 5) is 18.0. The summed E-state index contributed by atoms with van der Waals surface area (Å²) in [5, 5.41) is 31.5. The summed E-state index contributed by atoms with van der Waals surface area (Å²) in [6, 6.07) is 0. The topological polar surface area (TPSA) is 115 Å². The summed E-state index contributed by atoms with van der Waals surface area (Å²) < 4.78 is 0. The van der Waals surface area contributed by atoms with Crippen molar-refractivity contribution in [2.75, 3.05) is 0 Å². The van der Waals surface area contributed by atoms with Gasteiger partial charge in [-0.15, -0.1) is 0 Å². The van der Waals surface area contributed by atoms with Crippen molar-refractivity contribution in [2.45, 2.75) is 52.7 Å². The molecule has 0 aromatic heterocycles. The fraction of sp³-hybridized carbons (Fsp3) is 0.800. The highest BCUT2D eigenvalue weighted by Crippen LogP contribution is 1.99. The minimum atomic E-state index is -1.10. The van der Waals surface area contributed by atoms with Gasteiger partial charge in [-0.3, -0.25) is 9.59 Å². The summed E-state index contributed by atoms with van der Waals surface area (Å²) in [7, 11) is 0. The number of aliphatic hydroxyl groups excluding tert-OH is 1. The number of unbranched alkanes of at least 4 members (excludes halogenated alkanes) is 2. The smallest absolute Gasteiger partial charge is 0.300 e. The zero-order valence-electron chi connectivity index (χ0n) is 10.0. The first-order valence-corrected chi connectivity index (χ1v) is 4.99. The first-order valence-electron chi connectivity index (χ1n) is 4.99. The van der Waals surface area contributed by atoms with Gasteiger partial charge in [-0.25, -0.2) is 0 Å². The van der Waals surface area contributed by atoms with Crippen molar-refractivity contribution >= 4 is 11.9 Å². The normalized spacial score (nSPS) is 8.38. The quantitative estimate of drug-likeness (QED) is 0.430. The average molecular weight is 238 g/mol. The maximum absolute atomic E-state index is 9.00. The van der Waals surface area contributed by atoms with Crippen molar-refractivity contribution in [1.82, 2.24) is 0 Å². The fourth-order valence-electron chi connectivity index (χ4n) is 0.577. The Morgan fingerprint density at radius 3 is 1.50 bits per heavy atom. The van der Waals surface area contributed by atoms with Crippen LogP contribution in [0.3, 0.4) is 0 Å². The number of aliphatic hydroxyl groups is 2. The number of aliphatic carboxylic acids is 2. The van der Waals surface area contributed by atoms with Crippen LogP contribution < -0.4 is 0 Å². The molecule has 0 aromatic rings. The van der Waals surface area contributed by atoms with Gasteiger partial charge in [0.2, 0.25) is 0 Å². The molecule has 98 valence electrons. The van der Waals surface area contributed by atoms with Crippen LogP contribution in [-0.4, -0.2) is 38.7 Å². The molecule has 0 bridgehead atoms. The molecule has 16 heavy (non-hydrogen) atoms. The monoisotopic (exact) mass is 238 g/mol. The SMILES string of the molecule is CC(=O)O.CC(=O)O.CCCCCC(O)O. The molecule has 0 amide bonds. The molecule has 0 aromatic carbocycles. The van der Waals surface area contributed by atoms with Crippen LogP contribution in [0.5, 0.6) is 0 Å². The highest BCUT2D eigenvalue weighted by atomic mass is 16.5. The van der Waals surface area contributed by atoms with Crippen LogP contribution in [0, 0.1) is 0 Å². The molecule has 0 aliphatic carbocycles. The molecule has 0 radical (unpaired) electrons. The van der Waals surface area contributed by atoms with Crippen LogP contribution in [0.4, 0.5) is 0 Å². The van der Waals surface area contributed by atoms with Gasteiger partial charge in [0, 0.05) is 13.8 Å². The molecule has 6 heteroatoms. The molecule has 0 aliphatic rings. The molecule has 0 fully saturated rings. The van der Waals surface area contributed by atoms with E-state index in [-0.39, 0.29) is 0 Å². The Balaban J connectivity index is -0.000000179. The summed E-state index contributed by atoms with van der Waals surface area (Å²) in [6.07, 6.45) is 2.58. The molecule has 0 atom stereocenters. The molecular formula is C10H22O6. The lowest BCUT2D eigenvalue weighted by molar-refractivity contribution is -0.135. The molecule has 0 unspecified atom stereocenters. The molecule has 0 rings (SSSR count). The number of carboxylic acids is 2. The van der Waals surface area contributed by atoms with Crippen LogP contribution in [0.25, 0.3) is 0 Å². The standard InChI is InChI=1S/C6H14O2.2C2H4O2/c1-2-3-4-5-6(7)8;2*1-2(3)4/h6-8H,2-5H2,1H3;2*1H3,(H,3,4). The van der Waals surface area contributed by atoms with E-state index in [1.165, 1.54) is 0 Å². The van der Waals surface area contributed by atoms with Crippen LogP contribution in [0.1, 0.15) is 46.5 Å². The summed E-state index contributed by atoms with van der Waals surface area (Å²) in [5.41, 5.74) is 0. The van der Waals surface area contributed by atoms with Gasteiger partial charge in [0.1, 0.15) is 0 Å². The first-order chi connectivity index (χ1) is 7.23. The molecule has 0 saturated heterocycles. The van der Waals surface area contributed by atoms with Crippen molar-refractivity contribution in [1.29, 1.82) is 0 Å². The van der Waals surface area contributed by atoms with E-state index in [0.29, 0.717) is 6.42 Å². The maximum atomic E-state index is 9.00. The number of carbonyl (C=O) groups is 2. The van der Waals surface area contributed by atoms with Crippen molar-refractivity contribution in [3.05, 3.63) is 0 Å². The minimum Gasteiger partial charge on any atom is -0.481 e. The van der Waals surface area contributed by atoms with E-state index in [1.807, 2.05) is 0 Å². The summed E-state index contributed by atoms with van der Waals surface area (Å²) in [5.74, 6) is -1.67. The molecule has 6 nitrogen and oxygen atoms in total. The number of rotatable bonds is 4. The van der Waals surface area contributed by atoms with E-state index >= 15 is 0 Å². The number of carboxylic acid groups (broad SMARTS) is 2. The van der Waals surface area contributed by atoms with E-state index in [4.69, 9.17) is 30.0 Å². The lowest BCUT2D eigenvalue weighted by Gasteiger charge is -1.99. The van der Waals surface area contributed by atoms with Gasteiger partial charge in [0.15, 0.2) is 6.29 Å². The zero-order valence-corrected chi connectivity index (χ0v) is 10.0. The van der Waals surface area contributed by atoms with E-state index in [9.17, 15) is 0 Å².